The lowest BCUT2D eigenvalue weighted by Gasteiger charge is -2.17. The van der Waals surface area contributed by atoms with Gasteiger partial charge in [0.15, 0.2) is 0 Å². The van der Waals surface area contributed by atoms with E-state index in [0.29, 0.717) is 0 Å². The third-order valence-electron chi connectivity index (χ3n) is 6.03. The van der Waals surface area contributed by atoms with E-state index in [1.807, 2.05) is 0 Å². The molecule has 0 aliphatic rings. The van der Waals surface area contributed by atoms with Crippen molar-refractivity contribution >= 4 is 32.3 Å². The van der Waals surface area contributed by atoms with Gasteiger partial charge in [-0.15, -0.1) is 0 Å². The summed E-state index contributed by atoms with van der Waals surface area (Å²) in [5.41, 5.74) is 5.09. The second kappa shape index (κ2) is 6.86. The Morgan fingerprint density at radius 2 is 0.867 bits per heavy atom. The van der Waals surface area contributed by atoms with E-state index in [9.17, 15) is 0 Å². The Labute approximate surface area is 176 Å². The summed E-state index contributed by atoms with van der Waals surface area (Å²) >= 11 is 0. The molecule has 0 fully saturated rings. The van der Waals surface area contributed by atoms with Gasteiger partial charge in [0.05, 0.1) is 0 Å². The first-order valence-electron chi connectivity index (χ1n) is 10.4. The molecule has 0 aliphatic heterocycles. The summed E-state index contributed by atoms with van der Waals surface area (Å²) in [6, 6.07) is 43.8. The Balaban J connectivity index is 1.87. The van der Waals surface area contributed by atoms with Gasteiger partial charge in [-0.1, -0.05) is 109 Å². The first-order chi connectivity index (χ1) is 14.9. The van der Waals surface area contributed by atoms with E-state index in [-0.39, 0.29) is 0 Å². The van der Waals surface area contributed by atoms with Crippen molar-refractivity contribution in [2.75, 3.05) is 0 Å². The van der Waals surface area contributed by atoms with Gasteiger partial charge in [0, 0.05) is 0 Å². The number of hydrogen-bond acceptors (Lipinski definition) is 0. The molecular formula is C30H20. The molecule has 0 saturated carbocycles. The van der Waals surface area contributed by atoms with Crippen molar-refractivity contribution in [1.82, 2.24) is 0 Å². The molecule has 30 heavy (non-hydrogen) atoms. The molecule has 6 aromatic rings. The van der Waals surface area contributed by atoms with Crippen LogP contribution in [-0.2, 0) is 0 Å². The predicted octanol–water partition coefficient (Wildman–Crippen LogP) is 8.48. The van der Waals surface area contributed by atoms with Crippen LogP contribution in [0, 0.1) is 0 Å². The summed E-state index contributed by atoms with van der Waals surface area (Å²) in [7, 11) is 0. The van der Waals surface area contributed by atoms with Crippen LogP contribution in [0.4, 0.5) is 0 Å². The third kappa shape index (κ3) is 2.62. The minimum absolute atomic E-state index is 1.25. The van der Waals surface area contributed by atoms with Crippen LogP contribution in [0.2, 0.25) is 0 Å². The minimum atomic E-state index is 1.25. The maximum atomic E-state index is 2.39. The average Bonchev–Trinajstić information content (AvgIpc) is 2.84. The maximum absolute atomic E-state index is 2.39. The van der Waals surface area contributed by atoms with Gasteiger partial charge in [0.25, 0.3) is 0 Å². The number of rotatable bonds is 2. The molecule has 6 aromatic carbocycles. The Morgan fingerprint density at radius 1 is 0.333 bits per heavy atom. The highest BCUT2D eigenvalue weighted by atomic mass is 14.2. The van der Waals surface area contributed by atoms with Crippen molar-refractivity contribution in [2.24, 2.45) is 0 Å². The van der Waals surface area contributed by atoms with Crippen molar-refractivity contribution in [2.45, 2.75) is 0 Å². The highest BCUT2D eigenvalue weighted by Crippen LogP contribution is 2.42. The minimum Gasteiger partial charge on any atom is -0.0622 e. The quantitative estimate of drug-likeness (QED) is 0.264. The molecule has 0 spiro atoms. The second-order valence-electron chi connectivity index (χ2n) is 7.77. The molecule has 0 heterocycles. The van der Waals surface area contributed by atoms with E-state index in [1.165, 1.54) is 54.6 Å². The fourth-order valence-corrected chi connectivity index (χ4v) is 4.68. The molecule has 0 radical (unpaired) electrons. The molecule has 0 bridgehead atoms. The summed E-state index contributed by atoms with van der Waals surface area (Å²) < 4.78 is 0. The smallest absolute Gasteiger partial charge is 0.00199 e. The average molecular weight is 380 g/mol. The largest absolute Gasteiger partial charge is 0.0622 e. The lowest BCUT2D eigenvalue weighted by molar-refractivity contribution is 1.66. The van der Waals surface area contributed by atoms with Crippen molar-refractivity contribution in [3.8, 4) is 22.3 Å². The zero-order valence-corrected chi connectivity index (χ0v) is 16.5. The third-order valence-corrected chi connectivity index (χ3v) is 6.03. The van der Waals surface area contributed by atoms with Gasteiger partial charge in [0.1, 0.15) is 0 Å². The summed E-state index contributed by atoms with van der Waals surface area (Å²) in [5, 5.41) is 7.81. The number of hydrogen-bond donors (Lipinski definition) is 0. The standard InChI is InChI=1S/C30H20/c1-3-11-21(12-4-1)27-20-29-24-16-8-7-15-23(24)19-28(22-13-5-2-6-14-22)30(29)26-18-10-9-17-25(26)27/h1-20H. The SMILES string of the molecule is c1ccc(-c2cc3c4ccccc4cc(-c4ccccc4)c3c3ccccc23)cc1. The van der Waals surface area contributed by atoms with Gasteiger partial charge in [-0.2, -0.15) is 0 Å². The lowest BCUT2D eigenvalue weighted by Crippen LogP contribution is -1.89. The highest BCUT2D eigenvalue weighted by molar-refractivity contribution is 6.25. The molecule has 6 rings (SSSR count). The van der Waals surface area contributed by atoms with E-state index < -0.39 is 0 Å². The van der Waals surface area contributed by atoms with E-state index in [0.717, 1.165) is 0 Å². The van der Waals surface area contributed by atoms with Crippen LogP contribution in [0.1, 0.15) is 0 Å². The Kier molecular flexibility index (Phi) is 3.89. The molecule has 0 aromatic heterocycles. The normalized spacial score (nSPS) is 11.3. The Hall–Kier alpha value is -3.90. The van der Waals surface area contributed by atoms with Crippen molar-refractivity contribution < 1.29 is 0 Å². The molecule has 0 saturated heterocycles. The predicted molar refractivity (Wildman–Crippen MR) is 130 cm³/mol. The van der Waals surface area contributed by atoms with Crippen molar-refractivity contribution in [3.05, 3.63) is 121 Å². The second-order valence-corrected chi connectivity index (χ2v) is 7.77. The van der Waals surface area contributed by atoms with Crippen LogP contribution in [0.5, 0.6) is 0 Å². The zero-order valence-electron chi connectivity index (χ0n) is 16.5. The van der Waals surface area contributed by atoms with Crippen LogP contribution < -0.4 is 0 Å². The molecular weight excluding hydrogens is 360 g/mol. The van der Waals surface area contributed by atoms with E-state index in [2.05, 4.69) is 121 Å². The van der Waals surface area contributed by atoms with Gasteiger partial charge < -0.3 is 0 Å². The van der Waals surface area contributed by atoms with Crippen LogP contribution >= 0.6 is 0 Å². The van der Waals surface area contributed by atoms with Gasteiger partial charge in [-0.25, -0.2) is 0 Å². The van der Waals surface area contributed by atoms with Gasteiger partial charge in [0.2, 0.25) is 0 Å². The van der Waals surface area contributed by atoms with Gasteiger partial charge in [-0.3, -0.25) is 0 Å². The summed E-state index contributed by atoms with van der Waals surface area (Å²) in [5.74, 6) is 0. The van der Waals surface area contributed by atoms with Crippen LogP contribution in [-0.4, -0.2) is 0 Å². The number of fused-ring (bicyclic) bond motifs is 5. The van der Waals surface area contributed by atoms with E-state index >= 15 is 0 Å². The number of benzene rings is 6. The van der Waals surface area contributed by atoms with Crippen LogP contribution in [0.25, 0.3) is 54.6 Å². The summed E-state index contributed by atoms with van der Waals surface area (Å²) in [6.07, 6.45) is 0. The van der Waals surface area contributed by atoms with Crippen molar-refractivity contribution in [3.63, 3.8) is 0 Å². The molecule has 0 aliphatic carbocycles. The monoisotopic (exact) mass is 380 g/mol. The van der Waals surface area contributed by atoms with Crippen LogP contribution in [0.3, 0.4) is 0 Å². The molecule has 0 amide bonds. The first-order valence-corrected chi connectivity index (χ1v) is 10.4. The Bertz CT molecular complexity index is 1510. The van der Waals surface area contributed by atoms with Gasteiger partial charge in [-0.05, 0) is 66.7 Å². The molecule has 0 nitrogen and oxygen atoms in total. The van der Waals surface area contributed by atoms with Gasteiger partial charge >= 0.3 is 0 Å². The fourth-order valence-electron chi connectivity index (χ4n) is 4.68. The maximum Gasteiger partial charge on any atom is -0.00199 e. The van der Waals surface area contributed by atoms with E-state index in [1.54, 1.807) is 0 Å². The lowest BCUT2D eigenvalue weighted by atomic mass is 9.87. The molecule has 0 N–H and O–H groups in total. The molecule has 0 heteroatoms. The molecule has 0 unspecified atom stereocenters. The van der Waals surface area contributed by atoms with E-state index in [4.69, 9.17) is 0 Å². The summed E-state index contributed by atoms with van der Waals surface area (Å²) in [6.45, 7) is 0. The Morgan fingerprint density at radius 3 is 1.57 bits per heavy atom. The summed E-state index contributed by atoms with van der Waals surface area (Å²) in [4.78, 5) is 0. The zero-order chi connectivity index (χ0) is 19.9. The van der Waals surface area contributed by atoms with Crippen molar-refractivity contribution in [1.29, 1.82) is 0 Å². The topological polar surface area (TPSA) is 0 Å². The molecule has 140 valence electrons. The van der Waals surface area contributed by atoms with Crippen LogP contribution in [0.15, 0.2) is 121 Å². The molecule has 0 atom stereocenters. The highest BCUT2D eigenvalue weighted by Gasteiger charge is 2.15. The first kappa shape index (κ1) is 17.0. The fraction of sp³-hybridized carbons (Fsp3) is 0.